The van der Waals surface area contributed by atoms with Gasteiger partial charge in [-0.3, -0.25) is 4.90 Å². The lowest BCUT2D eigenvalue weighted by atomic mass is 10.0. The van der Waals surface area contributed by atoms with Crippen LogP contribution in [0.5, 0.6) is 0 Å². The third-order valence-corrected chi connectivity index (χ3v) is 4.84. The maximum Gasteiger partial charge on any atom is 0.144 e. The Hall–Kier alpha value is -2.15. The summed E-state index contributed by atoms with van der Waals surface area (Å²) in [6.45, 7) is 2.81. The minimum atomic E-state index is -0.772. The van der Waals surface area contributed by atoms with Crippen molar-refractivity contribution in [2.45, 2.75) is 18.6 Å². The van der Waals surface area contributed by atoms with E-state index in [9.17, 15) is 5.11 Å². The molecule has 3 N–H and O–H groups in total. The van der Waals surface area contributed by atoms with E-state index >= 15 is 0 Å². The van der Waals surface area contributed by atoms with Crippen molar-refractivity contribution < 1.29 is 5.11 Å². The molecule has 1 aliphatic heterocycles. The van der Waals surface area contributed by atoms with Gasteiger partial charge in [0.15, 0.2) is 0 Å². The fourth-order valence-electron chi connectivity index (χ4n) is 3.36. The lowest BCUT2D eigenvalue weighted by Gasteiger charge is -2.24. The molecule has 7 heteroatoms. The second kappa shape index (κ2) is 6.63. The third-order valence-electron chi connectivity index (χ3n) is 4.64. The van der Waals surface area contributed by atoms with E-state index in [0.29, 0.717) is 29.7 Å². The third kappa shape index (κ3) is 3.61. The first-order chi connectivity index (χ1) is 12.1. The molecule has 3 aromatic rings. The van der Waals surface area contributed by atoms with Crippen LogP contribution in [0, 0.1) is 0 Å². The van der Waals surface area contributed by atoms with Crippen molar-refractivity contribution in [2.75, 3.05) is 25.0 Å². The summed E-state index contributed by atoms with van der Waals surface area (Å²) in [7, 11) is 0. The van der Waals surface area contributed by atoms with Gasteiger partial charge in [0.1, 0.15) is 22.9 Å². The number of fused-ring (bicyclic) bond motifs is 1. The van der Waals surface area contributed by atoms with Crippen LogP contribution in [0.4, 0.5) is 5.82 Å². The van der Waals surface area contributed by atoms with Crippen LogP contribution in [0.3, 0.4) is 0 Å². The molecule has 0 aliphatic carbocycles. The Bertz CT molecular complexity index is 868. The topological polar surface area (TPSA) is 77.1 Å². The number of H-pyrrole nitrogens is 1. The smallest absolute Gasteiger partial charge is 0.144 e. The number of aromatic nitrogens is 3. The average Bonchev–Trinajstić information content (AvgIpc) is 3.16. The predicted molar refractivity (Wildman–Crippen MR) is 98.7 cm³/mol. The average molecular weight is 358 g/mol. The number of anilines is 1. The molecule has 130 valence electrons. The fourth-order valence-corrected chi connectivity index (χ4v) is 3.56. The quantitative estimate of drug-likeness (QED) is 0.654. The first-order valence-electron chi connectivity index (χ1n) is 8.33. The first kappa shape index (κ1) is 16.3. The van der Waals surface area contributed by atoms with E-state index in [1.165, 1.54) is 11.9 Å². The number of β-amino-alcohol motifs (C(OH)–C–C–N with tert-alkyl or cyclic N) is 1. The number of likely N-dealkylation sites (tertiary alicyclic amines) is 1. The number of aromatic amines is 1. The minimum absolute atomic E-state index is 0.438. The van der Waals surface area contributed by atoms with Crippen LogP contribution in [0.2, 0.25) is 5.15 Å². The van der Waals surface area contributed by atoms with Crippen molar-refractivity contribution in [1.29, 1.82) is 0 Å². The van der Waals surface area contributed by atoms with Crippen LogP contribution >= 0.6 is 11.6 Å². The van der Waals surface area contributed by atoms with Crippen LogP contribution in [0.15, 0.2) is 42.7 Å². The molecular formula is C18H20ClN5O. The monoisotopic (exact) mass is 357 g/mol. The van der Waals surface area contributed by atoms with Crippen molar-refractivity contribution >= 4 is 28.5 Å². The molecule has 0 amide bonds. The highest BCUT2D eigenvalue weighted by Gasteiger charge is 2.36. The predicted octanol–water partition coefficient (Wildman–Crippen LogP) is 2.66. The lowest BCUT2D eigenvalue weighted by molar-refractivity contribution is 0.0615. The Morgan fingerprint density at radius 1 is 1.28 bits per heavy atom. The molecule has 1 fully saturated rings. The fraction of sp³-hybridized carbons (Fsp3) is 0.333. The molecule has 1 aromatic carbocycles. The zero-order chi connectivity index (χ0) is 17.3. The van der Waals surface area contributed by atoms with Gasteiger partial charge in [-0.15, -0.1) is 0 Å². The van der Waals surface area contributed by atoms with E-state index in [4.69, 9.17) is 11.6 Å². The van der Waals surface area contributed by atoms with Gasteiger partial charge in [-0.25, -0.2) is 9.97 Å². The molecule has 25 heavy (non-hydrogen) atoms. The summed E-state index contributed by atoms with van der Waals surface area (Å²) in [5.74, 6) is 0.683. The van der Waals surface area contributed by atoms with Crippen molar-refractivity contribution in [2.24, 2.45) is 0 Å². The van der Waals surface area contributed by atoms with Gasteiger partial charge >= 0.3 is 0 Å². The van der Waals surface area contributed by atoms with E-state index in [0.717, 1.165) is 24.9 Å². The van der Waals surface area contributed by atoms with E-state index < -0.39 is 5.60 Å². The van der Waals surface area contributed by atoms with Gasteiger partial charge in [-0.2, -0.15) is 0 Å². The molecule has 0 saturated carbocycles. The summed E-state index contributed by atoms with van der Waals surface area (Å²) in [5.41, 5.74) is 1.18. The molecular weight excluding hydrogens is 338 g/mol. The summed E-state index contributed by atoms with van der Waals surface area (Å²) in [5, 5.41) is 15.5. The molecule has 1 atom stereocenters. The van der Waals surface area contributed by atoms with Crippen LogP contribution in [0.25, 0.3) is 11.0 Å². The van der Waals surface area contributed by atoms with Crippen LogP contribution < -0.4 is 5.32 Å². The summed E-state index contributed by atoms with van der Waals surface area (Å²) in [6, 6.07) is 12.1. The van der Waals surface area contributed by atoms with E-state index in [1.807, 2.05) is 18.2 Å². The second-order valence-corrected chi connectivity index (χ2v) is 7.03. The molecule has 0 bridgehead atoms. The Morgan fingerprint density at radius 3 is 2.96 bits per heavy atom. The van der Waals surface area contributed by atoms with E-state index in [-0.39, 0.29) is 0 Å². The number of benzene rings is 1. The van der Waals surface area contributed by atoms with Crippen molar-refractivity contribution in [1.82, 2.24) is 19.9 Å². The summed E-state index contributed by atoms with van der Waals surface area (Å²) in [6.07, 6.45) is 2.22. The standard InChI is InChI=1S/C18H20ClN5O/c19-15-8-14-16(21-12-22-17(14)23-15)20-10-18(25)6-7-24(11-18)9-13-4-2-1-3-5-13/h1-5,8,12,25H,6-7,9-11H2,(H2,20,21,22,23). The van der Waals surface area contributed by atoms with Gasteiger partial charge in [-0.05, 0) is 18.1 Å². The molecule has 4 rings (SSSR count). The highest BCUT2D eigenvalue weighted by molar-refractivity contribution is 6.30. The SMILES string of the molecule is OC1(CNc2ncnc3[nH]c(Cl)cc23)CCN(Cc2ccccc2)C1. The number of hydrogen-bond donors (Lipinski definition) is 3. The Labute approximate surface area is 150 Å². The molecule has 3 heterocycles. The van der Waals surface area contributed by atoms with E-state index in [2.05, 4.69) is 37.3 Å². The highest BCUT2D eigenvalue weighted by Crippen LogP contribution is 2.26. The molecule has 1 unspecified atom stereocenters. The Kier molecular flexibility index (Phi) is 4.33. The summed E-state index contributed by atoms with van der Waals surface area (Å²) in [4.78, 5) is 13.7. The molecule has 0 radical (unpaired) electrons. The van der Waals surface area contributed by atoms with Crippen LogP contribution in [-0.4, -0.2) is 50.2 Å². The van der Waals surface area contributed by atoms with Crippen LogP contribution in [-0.2, 0) is 6.54 Å². The lowest BCUT2D eigenvalue weighted by Crippen LogP contribution is -2.40. The number of hydrogen-bond acceptors (Lipinski definition) is 5. The zero-order valence-corrected chi connectivity index (χ0v) is 14.5. The van der Waals surface area contributed by atoms with Crippen molar-refractivity contribution in [3.8, 4) is 0 Å². The largest absolute Gasteiger partial charge is 0.387 e. The number of nitrogens with one attached hydrogen (secondary N) is 2. The maximum atomic E-state index is 10.9. The molecule has 1 aliphatic rings. The van der Waals surface area contributed by atoms with Gasteiger partial charge in [0.25, 0.3) is 0 Å². The van der Waals surface area contributed by atoms with Gasteiger partial charge < -0.3 is 15.4 Å². The zero-order valence-electron chi connectivity index (χ0n) is 13.7. The van der Waals surface area contributed by atoms with Crippen LogP contribution in [0.1, 0.15) is 12.0 Å². The van der Waals surface area contributed by atoms with Gasteiger partial charge in [0.05, 0.1) is 11.0 Å². The normalized spacial score (nSPS) is 21.0. The second-order valence-electron chi connectivity index (χ2n) is 6.63. The molecule has 1 saturated heterocycles. The maximum absolute atomic E-state index is 10.9. The van der Waals surface area contributed by atoms with Gasteiger partial charge in [-0.1, -0.05) is 41.9 Å². The summed E-state index contributed by atoms with van der Waals surface area (Å²) >= 11 is 6.00. The van der Waals surface area contributed by atoms with Crippen molar-refractivity contribution in [3.63, 3.8) is 0 Å². The molecule has 0 spiro atoms. The molecule has 6 nitrogen and oxygen atoms in total. The minimum Gasteiger partial charge on any atom is -0.387 e. The number of aliphatic hydroxyl groups is 1. The van der Waals surface area contributed by atoms with Crippen molar-refractivity contribution in [3.05, 3.63) is 53.4 Å². The highest BCUT2D eigenvalue weighted by atomic mass is 35.5. The van der Waals surface area contributed by atoms with E-state index in [1.54, 1.807) is 6.07 Å². The number of rotatable bonds is 5. The van der Waals surface area contributed by atoms with Gasteiger partial charge in [0.2, 0.25) is 0 Å². The summed E-state index contributed by atoms with van der Waals surface area (Å²) < 4.78 is 0. The molecule has 2 aromatic heterocycles. The number of nitrogens with zero attached hydrogens (tertiary/aromatic N) is 3. The van der Waals surface area contributed by atoms with Gasteiger partial charge in [0, 0.05) is 26.2 Å². The first-order valence-corrected chi connectivity index (χ1v) is 8.71. The Morgan fingerprint density at radius 2 is 2.12 bits per heavy atom. The Balaban J connectivity index is 1.40. The number of halogens is 1.